The Morgan fingerprint density at radius 1 is 1.35 bits per heavy atom. The highest BCUT2D eigenvalue weighted by molar-refractivity contribution is 5.99. The smallest absolute Gasteiger partial charge is 0.316 e. The number of rotatable bonds is 3. The first-order valence-electron chi connectivity index (χ1n) is 5.51. The molecule has 1 aromatic carbocycles. The minimum absolute atomic E-state index is 0.0219. The van der Waals surface area contributed by atoms with E-state index in [2.05, 4.69) is 0 Å². The molecule has 0 amide bonds. The fourth-order valence-corrected chi connectivity index (χ4v) is 2.18. The van der Waals surface area contributed by atoms with E-state index in [0.29, 0.717) is 6.42 Å². The van der Waals surface area contributed by atoms with E-state index in [1.807, 2.05) is 30.3 Å². The van der Waals surface area contributed by atoms with E-state index < -0.39 is 5.41 Å². The van der Waals surface area contributed by atoms with Crippen molar-refractivity contribution in [2.45, 2.75) is 12.8 Å². The largest absolute Gasteiger partial charge is 0.468 e. The van der Waals surface area contributed by atoms with Crippen LogP contribution >= 0.6 is 0 Å². The molecular weight excluding hydrogens is 216 g/mol. The summed E-state index contributed by atoms with van der Waals surface area (Å²) in [5, 5.41) is 0. The Morgan fingerprint density at radius 3 is 2.59 bits per heavy atom. The number of hydrogen-bond acceptors (Lipinski definition) is 3. The molecule has 0 radical (unpaired) electrons. The maximum absolute atomic E-state index is 11.9. The number of allylic oxidation sites excluding steroid dienone is 1. The number of benzene rings is 1. The highest BCUT2D eigenvalue weighted by Gasteiger charge is 2.42. The molecule has 2 rings (SSSR count). The van der Waals surface area contributed by atoms with Gasteiger partial charge in [-0.1, -0.05) is 36.4 Å². The second-order valence-electron chi connectivity index (χ2n) is 4.29. The normalized spacial score (nSPS) is 22.8. The first-order chi connectivity index (χ1) is 8.16. The Kier molecular flexibility index (Phi) is 3.09. The van der Waals surface area contributed by atoms with Crippen LogP contribution in [0.25, 0.3) is 0 Å². The summed E-state index contributed by atoms with van der Waals surface area (Å²) in [4.78, 5) is 23.2. The summed E-state index contributed by atoms with van der Waals surface area (Å²) in [5.74, 6) is -0.366. The molecule has 1 aliphatic carbocycles. The van der Waals surface area contributed by atoms with E-state index in [4.69, 9.17) is 4.74 Å². The molecule has 1 aliphatic rings. The van der Waals surface area contributed by atoms with Crippen molar-refractivity contribution in [3.05, 3.63) is 48.0 Å². The van der Waals surface area contributed by atoms with Crippen LogP contribution in [0.1, 0.15) is 12.0 Å². The maximum Gasteiger partial charge on any atom is 0.316 e. The van der Waals surface area contributed by atoms with Gasteiger partial charge in [-0.25, -0.2) is 0 Å². The van der Waals surface area contributed by atoms with Crippen molar-refractivity contribution in [2.75, 3.05) is 7.11 Å². The summed E-state index contributed by atoms with van der Waals surface area (Å²) in [5.41, 5.74) is 0.213. The van der Waals surface area contributed by atoms with Gasteiger partial charge in [-0.05, 0) is 18.1 Å². The van der Waals surface area contributed by atoms with Crippen molar-refractivity contribution in [1.82, 2.24) is 0 Å². The Bertz CT molecular complexity index is 462. The highest BCUT2D eigenvalue weighted by atomic mass is 16.5. The van der Waals surface area contributed by atoms with Crippen LogP contribution in [0.5, 0.6) is 0 Å². The summed E-state index contributed by atoms with van der Waals surface area (Å²) >= 11 is 0. The third kappa shape index (κ3) is 2.28. The fraction of sp³-hybridized carbons (Fsp3) is 0.286. The van der Waals surface area contributed by atoms with Gasteiger partial charge in [0.1, 0.15) is 0 Å². The summed E-state index contributed by atoms with van der Waals surface area (Å²) in [6.07, 6.45) is 3.85. The molecule has 3 heteroatoms. The van der Waals surface area contributed by atoms with E-state index in [1.165, 1.54) is 13.2 Å². The second-order valence-corrected chi connectivity index (χ2v) is 4.29. The molecule has 0 fully saturated rings. The van der Waals surface area contributed by atoms with Crippen LogP contribution in [0.3, 0.4) is 0 Å². The SMILES string of the molecule is COC(=O)C1(Cc2ccccc2)C=CC(=O)C1. The van der Waals surface area contributed by atoms with Gasteiger partial charge in [0.25, 0.3) is 0 Å². The lowest BCUT2D eigenvalue weighted by Crippen LogP contribution is -2.31. The molecule has 1 aromatic rings. The van der Waals surface area contributed by atoms with E-state index in [-0.39, 0.29) is 18.2 Å². The minimum atomic E-state index is -0.812. The Balaban J connectivity index is 2.27. The third-order valence-electron chi connectivity index (χ3n) is 3.03. The standard InChI is InChI=1S/C14H14O3/c1-17-13(16)14(8-7-12(15)10-14)9-11-5-3-2-4-6-11/h2-8H,9-10H2,1H3. The van der Waals surface area contributed by atoms with Crippen LogP contribution in [0.2, 0.25) is 0 Å². The van der Waals surface area contributed by atoms with E-state index in [9.17, 15) is 9.59 Å². The van der Waals surface area contributed by atoms with Gasteiger partial charge in [0.15, 0.2) is 5.78 Å². The van der Waals surface area contributed by atoms with E-state index >= 15 is 0 Å². The molecular formula is C14H14O3. The molecule has 3 nitrogen and oxygen atoms in total. The van der Waals surface area contributed by atoms with Crippen LogP contribution in [0, 0.1) is 5.41 Å². The van der Waals surface area contributed by atoms with Crippen LogP contribution in [0.4, 0.5) is 0 Å². The maximum atomic E-state index is 11.9. The van der Waals surface area contributed by atoms with Crippen molar-refractivity contribution in [3.8, 4) is 0 Å². The summed E-state index contributed by atoms with van der Waals surface area (Å²) < 4.78 is 4.82. The third-order valence-corrected chi connectivity index (χ3v) is 3.03. The van der Waals surface area contributed by atoms with Gasteiger partial charge in [0.2, 0.25) is 0 Å². The minimum Gasteiger partial charge on any atom is -0.468 e. The Morgan fingerprint density at radius 2 is 2.06 bits per heavy atom. The van der Waals surface area contributed by atoms with Crippen molar-refractivity contribution >= 4 is 11.8 Å². The highest BCUT2D eigenvalue weighted by Crippen LogP contribution is 2.35. The number of methoxy groups -OCH3 is 1. The predicted octanol–water partition coefficient (Wildman–Crippen LogP) is 1.92. The molecule has 1 unspecified atom stereocenters. The van der Waals surface area contributed by atoms with Gasteiger partial charge in [0.05, 0.1) is 12.5 Å². The molecule has 0 saturated carbocycles. The van der Waals surface area contributed by atoms with Gasteiger partial charge in [-0.2, -0.15) is 0 Å². The molecule has 0 bridgehead atoms. The van der Waals surface area contributed by atoms with Gasteiger partial charge >= 0.3 is 5.97 Å². The lowest BCUT2D eigenvalue weighted by Gasteiger charge is -2.23. The van der Waals surface area contributed by atoms with Gasteiger partial charge in [-0.3, -0.25) is 9.59 Å². The molecule has 17 heavy (non-hydrogen) atoms. The summed E-state index contributed by atoms with van der Waals surface area (Å²) in [7, 11) is 1.35. The topological polar surface area (TPSA) is 43.4 Å². The van der Waals surface area contributed by atoms with Crippen LogP contribution < -0.4 is 0 Å². The molecule has 0 aliphatic heterocycles. The van der Waals surface area contributed by atoms with Crippen molar-refractivity contribution in [3.63, 3.8) is 0 Å². The Hall–Kier alpha value is -1.90. The van der Waals surface area contributed by atoms with Crippen LogP contribution in [-0.2, 0) is 20.7 Å². The first-order valence-corrected chi connectivity index (χ1v) is 5.51. The average Bonchev–Trinajstić information content (AvgIpc) is 2.72. The van der Waals surface area contributed by atoms with Crippen molar-refractivity contribution < 1.29 is 14.3 Å². The number of carbonyl (C=O) groups is 2. The molecule has 0 heterocycles. The quantitative estimate of drug-likeness (QED) is 0.745. The lowest BCUT2D eigenvalue weighted by molar-refractivity contribution is -0.150. The zero-order chi connectivity index (χ0) is 12.3. The molecule has 88 valence electrons. The molecule has 1 atom stereocenters. The first kappa shape index (κ1) is 11.6. The van der Waals surface area contributed by atoms with Gasteiger partial charge in [-0.15, -0.1) is 0 Å². The van der Waals surface area contributed by atoms with Crippen molar-refractivity contribution in [1.29, 1.82) is 0 Å². The molecule has 0 N–H and O–H groups in total. The number of carbonyl (C=O) groups excluding carboxylic acids is 2. The number of ketones is 1. The van der Waals surface area contributed by atoms with Gasteiger partial charge in [0, 0.05) is 6.42 Å². The van der Waals surface area contributed by atoms with Crippen molar-refractivity contribution in [2.24, 2.45) is 5.41 Å². The predicted molar refractivity (Wildman–Crippen MR) is 63.4 cm³/mol. The fourth-order valence-electron chi connectivity index (χ4n) is 2.18. The molecule has 0 saturated heterocycles. The average molecular weight is 230 g/mol. The molecule has 0 spiro atoms. The number of esters is 1. The monoisotopic (exact) mass is 230 g/mol. The number of ether oxygens (including phenoxy) is 1. The summed E-state index contributed by atoms with van der Waals surface area (Å²) in [6.45, 7) is 0. The molecule has 0 aromatic heterocycles. The van der Waals surface area contributed by atoms with Gasteiger partial charge < -0.3 is 4.74 Å². The van der Waals surface area contributed by atoms with Crippen LogP contribution in [0.15, 0.2) is 42.5 Å². The Labute approximate surface area is 100 Å². The van der Waals surface area contributed by atoms with E-state index in [1.54, 1.807) is 6.08 Å². The summed E-state index contributed by atoms with van der Waals surface area (Å²) in [6, 6.07) is 9.65. The second kappa shape index (κ2) is 4.53. The zero-order valence-corrected chi connectivity index (χ0v) is 9.68. The van der Waals surface area contributed by atoms with E-state index in [0.717, 1.165) is 5.56 Å². The van der Waals surface area contributed by atoms with Crippen LogP contribution in [-0.4, -0.2) is 18.9 Å². The lowest BCUT2D eigenvalue weighted by atomic mass is 9.81. The zero-order valence-electron chi connectivity index (χ0n) is 9.68. The number of hydrogen-bond donors (Lipinski definition) is 0.